The molecule has 0 spiro atoms. The maximum absolute atomic E-state index is 4.97. The van der Waals surface area contributed by atoms with E-state index in [1.807, 2.05) is 19.3 Å². The minimum atomic E-state index is 0.699. The van der Waals surface area contributed by atoms with Crippen molar-refractivity contribution in [3.63, 3.8) is 0 Å². The molecule has 0 aliphatic rings. The Kier molecular flexibility index (Phi) is 6.31. The smallest absolute Gasteiger partial charge is 0.194 e. The predicted octanol–water partition coefficient (Wildman–Crippen LogP) is 1.78. The van der Waals surface area contributed by atoms with Crippen molar-refractivity contribution in [3.8, 4) is 0 Å². The summed E-state index contributed by atoms with van der Waals surface area (Å²) in [7, 11) is 1.69. The number of hydrogen-bond acceptors (Lipinski definition) is 8. The second-order valence-corrected chi connectivity index (χ2v) is 5.94. The summed E-state index contributed by atoms with van der Waals surface area (Å²) in [6.45, 7) is 4.30. The molecule has 0 saturated carbocycles. The number of methoxy groups -OCH3 is 1. The second-order valence-electron chi connectivity index (χ2n) is 3.98. The molecule has 20 heavy (non-hydrogen) atoms. The molecule has 0 saturated heterocycles. The molecule has 0 aliphatic heterocycles. The number of nitrogens with one attached hydrogen (secondary N) is 1. The van der Waals surface area contributed by atoms with Gasteiger partial charge in [-0.05, 0) is 23.3 Å². The Bertz CT molecular complexity index is 517. The molecule has 2 heterocycles. The van der Waals surface area contributed by atoms with Crippen molar-refractivity contribution >= 4 is 23.3 Å². The number of ether oxygens (including phenoxy) is 1. The summed E-state index contributed by atoms with van der Waals surface area (Å²) < 4.78 is 10.1. The van der Waals surface area contributed by atoms with Crippen LogP contribution in [0.1, 0.15) is 18.3 Å². The van der Waals surface area contributed by atoms with E-state index in [1.54, 1.807) is 7.11 Å². The Morgan fingerprint density at radius 1 is 1.35 bits per heavy atom. The molecule has 1 N–H and O–H groups in total. The summed E-state index contributed by atoms with van der Waals surface area (Å²) in [4.78, 5) is 13.0. The fourth-order valence-electron chi connectivity index (χ4n) is 1.39. The number of rotatable bonds is 8. The highest BCUT2D eigenvalue weighted by Gasteiger charge is 2.06. The Morgan fingerprint density at radius 2 is 2.15 bits per heavy atom. The fourth-order valence-corrected chi connectivity index (χ4v) is 2.90. The first-order valence-electron chi connectivity index (χ1n) is 6.32. The van der Waals surface area contributed by atoms with Crippen molar-refractivity contribution < 1.29 is 4.74 Å². The quantitative estimate of drug-likeness (QED) is 0.588. The molecular weight excluding hydrogens is 294 g/mol. The molecular formula is C12H17N5OS2. The van der Waals surface area contributed by atoms with Gasteiger partial charge in [-0.15, -0.1) is 0 Å². The minimum absolute atomic E-state index is 0.699. The highest BCUT2D eigenvalue weighted by atomic mass is 32.2. The largest absolute Gasteiger partial charge is 0.383 e. The lowest BCUT2D eigenvalue weighted by Crippen LogP contribution is -2.18. The van der Waals surface area contributed by atoms with Gasteiger partial charge in [0.2, 0.25) is 0 Å². The summed E-state index contributed by atoms with van der Waals surface area (Å²) in [5, 5.41) is 3.95. The molecule has 0 unspecified atom stereocenters. The van der Waals surface area contributed by atoms with Crippen LogP contribution in [0.25, 0.3) is 0 Å². The first-order chi connectivity index (χ1) is 9.81. The van der Waals surface area contributed by atoms with Gasteiger partial charge in [-0.2, -0.15) is 4.37 Å². The van der Waals surface area contributed by atoms with E-state index in [0.29, 0.717) is 11.8 Å². The molecule has 2 aromatic heterocycles. The van der Waals surface area contributed by atoms with Gasteiger partial charge in [0.1, 0.15) is 5.82 Å². The van der Waals surface area contributed by atoms with Crippen LogP contribution in [0.2, 0.25) is 0 Å². The molecule has 2 rings (SSSR count). The van der Waals surface area contributed by atoms with Crippen LogP contribution in [0, 0.1) is 0 Å². The molecule has 6 nitrogen and oxygen atoms in total. The minimum Gasteiger partial charge on any atom is -0.383 e. The first-order valence-corrected chi connectivity index (χ1v) is 7.91. The van der Waals surface area contributed by atoms with Crippen LogP contribution >= 0.6 is 23.3 Å². The van der Waals surface area contributed by atoms with Gasteiger partial charge < -0.3 is 10.1 Å². The number of aromatic nitrogens is 4. The van der Waals surface area contributed by atoms with Crippen molar-refractivity contribution in [2.75, 3.05) is 20.3 Å². The zero-order valence-corrected chi connectivity index (χ0v) is 13.1. The summed E-state index contributed by atoms with van der Waals surface area (Å²) in [6, 6.07) is 0. The van der Waals surface area contributed by atoms with Gasteiger partial charge in [0.25, 0.3) is 0 Å². The van der Waals surface area contributed by atoms with E-state index < -0.39 is 0 Å². The number of aryl methyl sites for hydroxylation is 1. The third kappa shape index (κ3) is 4.78. The van der Waals surface area contributed by atoms with Crippen LogP contribution in [-0.4, -0.2) is 39.6 Å². The highest BCUT2D eigenvalue weighted by molar-refractivity contribution is 8.00. The molecule has 8 heteroatoms. The second kappa shape index (κ2) is 8.25. The van der Waals surface area contributed by atoms with Gasteiger partial charge in [0.05, 0.1) is 6.61 Å². The maximum Gasteiger partial charge on any atom is 0.194 e. The monoisotopic (exact) mass is 311 g/mol. The van der Waals surface area contributed by atoms with Crippen LogP contribution in [0.4, 0.5) is 0 Å². The Balaban J connectivity index is 1.84. The summed E-state index contributed by atoms with van der Waals surface area (Å²) in [5.41, 5.74) is 1.05. The van der Waals surface area contributed by atoms with Crippen LogP contribution in [-0.2, 0) is 17.7 Å². The summed E-state index contributed by atoms with van der Waals surface area (Å²) in [5.74, 6) is 0.872. The SMILES string of the molecule is CCc1nsc(Sc2ncc(CNCCOC)cn2)n1. The van der Waals surface area contributed by atoms with E-state index in [1.165, 1.54) is 23.3 Å². The molecule has 0 bridgehead atoms. The average molecular weight is 311 g/mol. The Morgan fingerprint density at radius 3 is 2.80 bits per heavy atom. The first kappa shape index (κ1) is 15.3. The van der Waals surface area contributed by atoms with Crippen LogP contribution in [0.15, 0.2) is 21.9 Å². The van der Waals surface area contributed by atoms with E-state index in [-0.39, 0.29) is 0 Å². The molecule has 0 amide bonds. The lowest BCUT2D eigenvalue weighted by atomic mass is 10.3. The van der Waals surface area contributed by atoms with Crippen molar-refractivity contribution in [3.05, 3.63) is 23.8 Å². The van der Waals surface area contributed by atoms with Crippen molar-refractivity contribution in [2.24, 2.45) is 0 Å². The van der Waals surface area contributed by atoms with E-state index in [0.717, 1.165) is 35.2 Å². The highest BCUT2D eigenvalue weighted by Crippen LogP contribution is 2.25. The van der Waals surface area contributed by atoms with Crippen molar-refractivity contribution in [2.45, 2.75) is 29.4 Å². The molecule has 0 radical (unpaired) electrons. The Labute approximate surface area is 126 Å². The van der Waals surface area contributed by atoms with Gasteiger partial charge in [0, 0.05) is 44.6 Å². The maximum atomic E-state index is 4.97. The molecule has 108 valence electrons. The Hall–Kier alpha value is -1.09. The van der Waals surface area contributed by atoms with E-state index >= 15 is 0 Å². The van der Waals surface area contributed by atoms with Gasteiger partial charge in [0.15, 0.2) is 9.50 Å². The van der Waals surface area contributed by atoms with Gasteiger partial charge in [-0.25, -0.2) is 15.0 Å². The van der Waals surface area contributed by atoms with Crippen LogP contribution < -0.4 is 5.32 Å². The van der Waals surface area contributed by atoms with E-state index in [9.17, 15) is 0 Å². The number of nitrogens with zero attached hydrogens (tertiary/aromatic N) is 4. The molecule has 0 fully saturated rings. The zero-order valence-electron chi connectivity index (χ0n) is 11.5. The van der Waals surface area contributed by atoms with Crippen LogP contribution in [0.5, 0.6) is 0 Å². The summed E-state index contributed by atoms with van der Waals surface area (Å²) >= 11 is 2.83. The van der Waals surface area contributed by atoms with Gasteiger partial charge >= 0.3 is 0 Å². The molecule has 0 aromatic carbocycles. The fraction of sp³-hybridized carbons (Fsp3) is 0.500. The topological polar surface area (TPSA) is 72.8 Å². The molecule has 0 aliphatic carbocycles. The molecule has 2 aromatic rings. The van der Waals surface area contributed by atoms with Crippen LogP contribution in [0.3, 0.4) is 0 Å². The van der Waals surface area contributed by atoms with Crippen molar-refractivity contribution in [1.29, 1.82) is 0 Å². The van der Waals surface area contributed by atoms with Gasteiger partial charge in [-0.3, -0.25) is 0 Å². The van der Waals surface area contributed by atoms with Crippen molar-refractivity contribution in [1.82, 2.24) is 24.6 Å². The molecule has 0 atom stereocenters. The normalized spacial score (nSPS) is 10.9. The van der Waals surface area contributed by atoms with E-state index in [4.69, 9.17) is 4.74 Å². The predicted molar refractivity (Wildman–Crippen MR) is 79.0 cm³/mol. The average Bonchev–Trinajstić information content (AvgIpc) is 2.93. The van der Waals surface area contributed by atoms with E-state index in [2.05, 4.69) is 24.6 Å². The lowest BCUT2D eigenvalue weighted by molar-refractivity contribution is 0.199. The standard InChI is InChI=1S/C12H17N5OS2/c1-3-10-16-12(20-17-10)19-11-14-7-9(8-15-11)6-13-4-5-18-2/h7-8,13H,3-6H2,1-2H3. The number of hydrogen-bond donors (Lipinski definition) is 1. The zero-order chi connectivity index (χ0) is 14.2. The van der Waals surface area contributed by atoms with Gasteiger partial charge in [-0.1, -0.05) is 6.92 Å². The summed E-state index contributed by atoms with van der Waals surface area (Å²) in [6.07, 6.45) is 4.51. The third-order valence-electron chi connectivity index (χ3n) is 2.44. The third-order valence-corrected chi connectivity index (χ3v) is 4.12. The lowest BCUT2D eigenvalue weighted by Gasteiger charge is -2.03.